The lowest BCUT2D eigenvalue weighted by atomic mass is 10.00. The number of hydrogen-bond donors (Lipinski definition) is 2. The van der Waals surface area contributed by atoms with E-state index in [2.05, 4.69) is 22.4 Å². The number of anilines is 1. The second-order valence-electron chi connectivity index (χ2n) is 5.36. The van der Waals surface area contributed by atoms with Crippen LogP contribution in [0.2, 0.25) is 0 Å². The predicted octanol–water partition coefficient (Wildman–Crippen LogP) is 3.13. The maximum absolute atomic E-state index is 5.92. The highest BCUT2D eigenvalue weighted by molar-refractivity contribution is 5.92. The Hall–Kier alpha value is -2.30. The molecule has 0 aliphatic carbocycles. The zero-order valence-electron chi connectivity index (χ0n) is 13.0. The summed E-state index contributed by atoms with van der Waals surface area (Å²) in [7, 11) is 0. The Bertz CT molecular complexity index is 609. The van der Waals surface area contributed by atoms with Crippen LogP contribution in [0.25, 0.3) is 0 Å². The first-order valence-electron chi connectivity index (χ1n) is 7.03. The SMILES string of the molecule is Cc1ccc(NC(N)=NCC(C)c2c(C)noc2C)cc1. The molecule has 2 aromatic rings. The van der Waals surface area contributed by atoms with Crippen LogP contribution < -0.4 is 11.1 Å². The highest BCUT2D eigenvalue weighted by atomic mass is 16.5. The zero-order valence-corrected chi connectivity index (χ0v) is 13.0. The van der Waals surface area contributed by atoms with Crippen molar-refractivity contribution >= 4 is 11.6 Å². The van der Waals surface area contributed by atoms with E-state index in [0.29, 0.717) is 12.5 Å². The van der Waals surface area contributed by atoms with Gasteiger partial charge >= 0.3 is 0 Å². The number of nitrogens with one attached hydrogen (secondary N) is 1. The van der Waals surface area contributed by atoms with E-state index in [0.717, 1.165) is 22.7 Å². The number of aryl methyl sites for hydroxylation is 3. The molecule has 112 valence electrons. The van der Waals surface area contributed by atoms with Crippen molar-refractivity contribution < 1.29 is 4.52 Å². The Morgan fingerprint density at radius 2 is 1.95 bits per heavy atom. The summed E-state index contributed by atoms with van der Waals surface area (Å²) in [6.45, 7) is 8.60. The molecular formula is C16H22N4O. The summed E-state index contributed by atoms with van der Waals surface area (Å²) in [5.74, 6) is 1.48. The summed E-state index contributed by atoms with van der Waals surface area (Å²) in [5, 5.41) is 7.06. The van der Waals surface area contributed by atoms with Crippen molar-refractivity contribution in [3.8, 4) is 0 Å². The number of nitrogens with two attached hydrogens (primary N) is 1. The van der Waals surface area contributed by atoms with Crippen molar-refractivity contribution in [1.82, 2.24) is 5.16 Å². The molecule has 0 saturated carbocycles. The highest BCUT2D eigenvalue weighted by Crippen LogP contribution is 2.23. The molecule has 21 heavy (non-hydrogen) atoms. The summed E-state index contributed by atoms with van der Waals surface area (Å²) < 4.78 is 5.18. The van der Waals surface area contributed by atoms with Gasteiger partial charge in [-0.25, -0.2) is 0 Å². The fraction of sp³-hybridized carbons (Fsp3) is 0.375. The standard InChI is InChI=1S/C16H22N4O/c1-10-5-7-14(8-6-10)19-16(17)18-9-11(2)15-12(3)20-21-13(15)4/h5-8,11H,9H2,1-4H3,(H3,17,18,19). The largest absolute Gasteiger partial charge is 0.370 e. The molecule has 2 rings (SSSR count). The quantitative estimate of drug-likeness (QED) is 0.668. The third kappa shape index (κ3) is 3.84. The third-order valence-electron chi connectivity index (χ3n) is 3.44. The van der Waals surface area contributed by atoms with E-state index in [1.807, 2.05) is 45.0 Å². The van der Waals surface area contributed by atoms with Crippen molar-refractivity contribution in [2.24, 2.45) is 10.7 Å². The Morgan fingerprint density at radius 1 is 1.29 bits per heavy atom. The smallest absolute Gasteiger partial charge is 0.193 e. The monoisotopic (exact) mass is 286 g/mol. The maximum atomic E-state index is 5.92. The number of nitrogens with zero attached hydrogens (tertiary/aromatic N) is 2. The van der Waals surface area contributed by atoms with Gasteiger partial charge in [-0.05, 0) is 32.9 Å². The molecule has 3 N–H and O–H groups in total. The molecule has 0 aliphatic heterocycles. The number of guanidine groups is 1. The molecule has 0 aliphatic rings. The van der Waals surface area contributed by atoms with Gasteiger partial charge < -0.3 is 15.6 Å². The summed E-state index contributed by atoms with van der Waals surface area (Å²) in [4.78, 5) is 4.39. The Morgan fingerprint density at radius 3 is 2.52 bits per heavy atom. The number of aromatic nitrogens is 1. The van der Waals surface area contributed by atoms with Crippen molar-refractivity contribution in [3.05, 3.63) is 46.8 Å². The van der Waals surface area contributed by atoms with Gasteiger partial charge in [0.05, 0.1) is 5.69 Å². The molecule has 0 amide bonds. The fourth-order valence-corrected chi connectivity index (χ4v) is 2.34. The number of aliphatic imine (C=N–C) groups is 1. The van der Waals surface area contributed by atoms with Crippen LogP contribution in [-0.2, 0) is 0 Å². The summed E-state index contributed by atoms with van der Waals surface area (Å²) in [5.41, 5.74) is 10.1. The van der Waals surface area contributed by atoms with Crippen molar-refractivity contribution in [3.63, 3.8) is 0 Å². The van der Waals surface area contributed by atoms with E-state index in [1.54, 1.807) is 0 Å². The molecule has 1 aromatic heterocycles. The lowest BCUT2D eigenvalue weighted by Crippen LogP contribution is -2.23. The van der Waals surface area contributed by atoms with Gasteiger partial charge in [0.15, 0.2) is 5.96 Å². The Balaban J connectivity index is 1.98. The van der Waals surface area contributed by atoms with Gasteiger partial charge in [0.2, 0.25) is 0 Å². The van der Waals surface area contributed by atoms with E-state index in [1.165, 1.54) is 5.56 Å². The lowest BCUT2D eigenvalue weighted by molar-refractivity contribution is 0.391. The second-order valence-corrected chi connectivity index (χ2v) is 5.36. The Kier molecular flexibility index (Phi) is 4.62. The van der Waals surface area contributed by atoms with Gasteiger partial charge in [-0.1, -0.05) is 29.8 Å². The van der Waals surface area contributed by atoms with Crippen LogP contribution in [0.4, 0.5) is 5.69 Å². The minimum absolute atomic E-state index is 0.217. The van der Waals surface area contributed by atoms with Gasteiger partial charge in [-0.3, -0.25) is 4.99 Å². The van der Waals surface area contributed by atoms with Gasteiger partial charge in [0.1, 0.15) is 5.76 Å². The molecule has 0 saturated heterocycles. The first-order valence-corrected chi connectivity index (χ1v) is 7.03. The molecule has 5 nitrogen and oxygen atoms in total. The van der Waals surface area contributed by atoms with E-state index in [4.69, 9.17) is 10.3 Å². The summed E-state index contributed by atoms with van der Waals surface area (Å²) in [6, 6.07) is 8.02. The van der Waals surface area contributed by atoms with E-state index in [9.17, 15) is 0 Å². The van der Waals surface area contributed by atoms with Crippen molar-refractivity contribution in [2.75, 3.05) is 11.9 Å². The predicted molar refractivity (Wildman–Crippen MR) is 85.7 cm³/mol. The third-order valence-corrected chi connectivity index (χ3v) is 3.44. The van der Waals surface area contributed by atoms with Gasteiger partial charge in [-0.2, -0.15) is 0 Å². The van der Waals surface area contributed by atoms with E-state index < -0.39 is 0 Å². The van der Waals surface area contributed by atoms with E-state index >= 15 is 0 Å². The molecule has 1 atom stereocenters. The Labute approximate surface area is 125 Å². The molecule has 0 spiro atoms. The van der Waals surface area contributed by atoms with Crippen LogP contribution in [0.3, 0.4) is 0 Å². The fourth-order valence-electron chi connectivity index (χ4n) is 2.34. The number of rotatable bonds is 4. The van der Waals surface area contributed by atoms with Crippen LogP contribution in [-0.4, -0.2) is 17.7 Å². The van der Waals surface area contributed by atoms with Crippen LogP contribution >= 0.6 is 0 Å². The minimum atomic E-state index is 0.217. The number of benzene rings is 1. The average molecular weight is 286 g/mol. The minimum Gasteiger partial charge on any atom is -0.370 e. The maximum Gasteiger partial charge on any atom is 0.193 e. The zero-order chi connectivity index (χ0) is 15.4. The molecular weight excluding hydrogens is 264 g/mol. The van der Waals surface area contributed by atoms with Crippen LogP contribution in [0, 0.1) is 20.8 Å². The molecule has 1 heterocycles. The topological polar surface area (TPSA) is 76.4 Å². The summed E-state index contributed by atoms with van der Waals surface area (Å²) in [6.07, 6.45) is 0. The highest BCUT2D eigenvalue weighted by Gasteiger charge is 2.15. The number of hydrogen-bond acceptors (Lipinski definition) is 3. The van der Waals surface area contributed by atoms with Crippen molar-refractivity contribution in [2.45, 2.75) is 33.6 Å². The molecule has 1 unspecified atom stereocenters. The lowest BCUT2D eigenvalue weighted by Gasteiger charge is -2.10. The van der Waals surface area contributed by atoms with Crippen LogP contribution in [0.5, 0.6) is 0 Å². The van der Waals surface area contributed by atoms with Gasteiger partial charge in [0.25, 0.3) is 0 Å². The second kappa shape index (κ2) is 6.43. The van der Waals surface area contributed by atoms with Crippen molar-refractivity contribution in [1.29, 1.82) is 0 Å². The first kappa shape index (κ1) is 15.1. The van der Waals surface area contributed by atoms with E-state index in [-0.39, 0.29) is 5.92 Å². The molecule has 0 fully saturated rings. The van der Waals surface area contributed by atoms with Crippen LogP contribution in [0.1, 0.15) is 35.4 Å². The van der Waals surface area contributed by atoms with Gasteiger partial charge in [-0.15, -0.1) is 0 Å². The average Bonchev–Trinajstić information content (AvgIpc) is 2.78. The first-order chi connectivity index (χ1) is 9.97. The normalized spacial score (nSPS) is 13.2. The van der Waals surface area contributed by atoms with Gasteiger partial charge in [0, 0.05) is 23.7 Å². The molecule has 0 bridgehead atoms. The molecule has 0 radical (unpaired) electrons. The van der Waals surface area contributed by atoms with Crippen LogP contribution in [0.15, 0.2) is 33.8 Å². The molecule has 1 aromatic carbocycles. The summed E-state index contributed by atoms with van der Waals surface area (Å²) >= 11 is 0. The molecule has 5 heteroatoms.